The zero-order chi connectivity index (χ0) is 27.2. The SMILES string of the molecule is O=C(Nc1ccc(CC(NC(=O)C2(Cc3ccccc3)CCCC2)C(=O)O)cc1)c1ccnc2ccccc12. The lowest BCUT2D eigenvalue weighted by molar-refractivity contribution is -0.143. The first kappa shape index (κ1) is 26.1. The highest BCUT2D eigenvalue weighted by Gasteiger charge is 2.42. The number of aromatic nitrogens is 1. The summed E-state index contributed by atoms with van der Waals surface area (Å²) in [4.78, 5) is 42.8. The zero-order valence-electron chi connectivity index (χ0n) is 21.6. The fourth-order valence-corrected chi connectivity index (χ4v) is 5.49. The average molecular weight is 522 g/mol. The van der Waals surface area contributed by atoms with Crippen molar-refractivity contribution in [2.45, 2.75) is 44.6 Å². The first-order chi connectivity index (χ1) is 18.9. The number of pyridine rings is 1. The van der Waals surface area contributed by atoms with Crippen molar-refractivity contribution in [3.63, 3.8) is 0 Å². The molecule has 1 aliphatic carbocycles. The topological polar surface area (TPSA) is 108 Å². The maximum Gasteiger partial charge on any atom is 0.326 e. The zero-order valence-corrected chi connectivity index (χ0v) is 21.6. The van der Waals surface area contributed by atoms with Gasteiger partial charge < -0.3 is 15.7 Å². The molecule has 1 unspecified atom stereocenters. The van der Waals surface area contributed by atoms with Crippen LogP contribution in [0.2, 0.25) is 0 Å². The number of amides is 2. The second-order valence-corrected chi connectivity index (χ2v) is 10.2. The highest BCUT2D eigenvalue weighted by atomic mass is 16.4. The molecule has 0 bridgehead atoms. The van der Waals surface area contributed by atoms with Gasteiger partial charge in [-0.2, -0.15) is 0 Å². The summed E-state index contributed by atoms with van der Waals surface area (Å²) in [6, 6.07) is 25.0. The average Bonchev–Trinajstić information content (AvgIpc) is 3.43. The fourth-order valence-electron chi connectivity index (χ4n) is 5.49. The lowest BCUT2D eigenvalue weighted by Crippen LogP contribution is -2.49. The molecule has 5 rings (SSSR count). The number of carboxylic acids is 1. The van der Waals surface area contributed by atoms with Gasteiger partial charge in [0.15, 0.2) is 0 Å². The van der Waals surface area contributed by atoms with E-state index in [2.05, 4.69) is 15.6 Å². The highest BCUT2D eigenvalue weighted by molar-refractivity contribution is 6.12. The van der Waals surface area contributed by atoms with Crippen molar-refractivity contribution >= 4 is 34.4 Å². The van der Waals surface area contributed by atoms with Crippen LogP contribution in [-0.4, -0.2) is 33.9 Å². The molecule has 198 valence electrons. The van der Waals surface area contributed by atoms with Crippen LogP contribution in [0.1, 0.15) is 47.2 Å². The summed E-state index contributed by atoms with van der Waals surface area (Å²) in [5, 5.41) is 16.4. The van der Waals surface area contributed by atoms with Gasteiger partial charge in [0, 0.05) is 23.7 Å². The molecular formula is C32H31N3O4. The van der Waals surface area contributed by atoms with Crippen molar-refractivity contribution < 1.29 is 19.5 Å². The minimum Gasteiger partial charge on any atom is -0.480 e. The number of nitrogens with one attached hydrogen (secondary N) is 2. The maximum absolute atomic E-state index is 13.5. The summed E-state index contributed by atoms with van der Waals surface area (Å²) in [7, 11) is 0. The Balaban J connectivity index is 1.25. The fraction of sp³-hybridized carbons (Fsp3) is 0.250. The third kappa shape index (κ3) is 5.98. The second-order valence-electron chi connectivity index (χ2n) is 10.2. The van der Waals surface area contributed by atoms with Crippen LogP contribution in [0.25, 0.3) is 10.9 Å². The molecule has 39 heavy (non-hydrogen) atoms. The number of hydrogen-bond donors (Lipinski definition) is 3. The van der Waals surface area contributed by atoms with Crippen LogP contribution in [0.5, 0.6) is 0 Å². The van der Waals surface area contributed by atoms with Crippen molar-refractivity contribution in [2.75, 3.05) is 5.32 Å². The minimum atomic E-state index is -1.07. The third-order valence-corrected chi connectivity index (χ3v) is 7.58. The molecule has 1 atom stereocenters. The summed E-state index contributed by atoms with van der Waals surface area (Å²) in [6.07, 6.45) is 5.78. The van der Waals surface area contributed by atoms with Crippen molar-refractivity contribution in [3.05, 3.63) is 108 Å². The molecule has 1 heterocycles. The van der Waals surface area contributed by atoms with E-state index in [1.807, 2.05) is 54.6 Å². The molecule has 1 aromatic heterocycles. The lowest BCUT2D eigenvalue weighted by atomic mass is 9.79. The van der Waals surface area contributed by atoms with Gasteiger partial charge in [-0.25, -0.2) is 4.79 Å². The van der Waals surface area contributed by atoms with E-state index in [0.29, 0.717) is 17.7 Å². The number of benzene rings is 3. The summed E-state index contributed by atoms with van der Waals surface area (Å²) in [5.74, 6) is -1.51. The van der Waals surface area contributed by atoms with Gasteiger partial charge in [0.25, 0.3) is 5.91 Å². The lowest BCUT2D eigenvalue weighted by Gasteiger charge is -2.29. The normalized spacial score (nSPS) is 15.0. The van der Waals surface area contributed by atoms with Crippen LogP contribution in [0, 0.1) is 5.41 Å². The number of para-hydroxylation sites is 1. The molecule has 4 aromatic rings. The summed E-state index contributed by atoms with van der Waals surface area (Å²) in [6.45, 7) is 0. The van der Waals surface area contributed by atoms with Gasteiger partial charge in [-0.05, 0) is 54.7 Å². The summed E-state index contributed by atoms with van der Waals surface area (Å²) >= 11 is 0. The van der Waals surface area contributed by atoms with Crippen molar-refractivity contribution in [1.82, 2.24) is 10.3 Å². The molecule has 2 amide bonds. The van der Waals surface area contributed by atoms with E-state index >= 15 is 0 Å². The van der Waals surface area contributed by atoms with E-state index < -0.39 is 17.4 Å². The van der Waals surface area contributed by atoms with Gasteiger partial charge in [0.2, 0.25) is 5.91 Å². The van der Waals surface area contributed by atoms with E-state index in [-0.39, 0.29) is 18.2 Å². The molecule has 3 N–H and O–H groups in total. The Hall–Kier alpha value is -4.52. The van der Waals surface area contributed by atoms with Crippen LogP contribution >= 0.6 is 0 Å². The number of anilines is 1. The smallest absolute Gasteiger partial charge is 0.326 e. The Morgan fingerprint density at radius 2 is 1.54 bits per heavy atom. The Morgan fingerprint density at radius 1 is 0.846 bits per heavy atom. The maximum atomic E-state index is 13.5. The predicted octanol–water partition coefficient (Wildman–Crippen LogP) is 5.40. The van der Waals surface area contributed by atoms with Crippen LogP contribution in [-0.2, 0) is 22.4 Å². The molecule has 7 nitrogen and oxygen atoms in total. The molecule has 0 spiro atoms. The monoisotopic (exact) mass is 521 g/mol. The van der Waals surface area contributed by atoms with Gasteiger partial charge in [0.05, 0.1) is 16.5 Å². The Bertz CT molecular complexity index is 1470. The van der Waals surface area contributed by atoms with E-state index in [9.17, 15) is 19.5 Å². The first-order valence-electron chi connectivity index (χ1n) is 13.3. The summed E-state index contributed by atoms with van der Waals surface area (Å²) < 4.78 is 0. The molecule has 0 aliphatic heterocycles. The van der Waals surface area contributed by atoms with E-state index in [1.54, 1.807) is 36.5 Å². The molecule has 1 fully saturated rings. The standard InChI is InChI=1S/C32H31N3O4/c36-29(26-16-19-33-27-11-5-4-10-25(26)27)34-24-14-12-22(13-15-24)20-28(30(37)38)35-31(39)32(17-6-7-18-32)21-23-8-2-1-3-9-23/h1-5,8-16,19,28H,6-7,17-18,20-21H2,(H,34,36)(H,35,39)(H,37,38). The number of rotatable bonds is 9. The highest BCUT2D eigenvalue weighted by Crippen LogP contribution is 2.41. The second kappa shape index (κ2) is 11.5. The van der Waals surface area contributed by atoms with Crippen molar-refractivity contribution in [2.24, 2.45) is 5.41 Å². The number of carboxylic acid groups (broad SMARTS) is 1. The number of fused-ring (bicyclic) bond motifs is 1. The molecular weight excluding hydrogens is 490 g/mol. The Labute approximate surface area is 227 Å². The van der Waals surface area contributed by atoms with Crippen LogP contribution in [0.15, 0.2) is 91.1 Å². The van der Waals surface area contributed by atoms with Gasteiger partial charge >= 0.3 is 5.97 Å². The van der Waals surface area contributed by atoms with Gasteiger partial charge in [0.1, 0.15) is 6.04 Å². The van der Waals surface area contributed by atoms with Gasteiger partial charge in [-0.1, -0.05) is 73.5 Å². The molecule has 1 aliphatic rings. The number of aliphatic carboxylic acids is 1. The van der Waals surface area contributed by atoms with Crippen LogP contribution < -0.4 is 10.6 Å². The van der Waals surface area contributed by atoms with Gasteiger partial charge in [-0.15, -0.1) is 0 Å². The molecule has 1 saturated carbocycles. The first-order valence-corrected chi connectivity index (χ1v) is 13.3. The van der Waals surface area contributed by atoms with Gasteiger partial charge in [-0.3, -0.25) is 14.6 Å². The Kier molecular flexibility index (Phi) is 7.68. The molecule has 0 saturated heterocycles. The molecule has 0 radical (unpaired) electrons. The van der Waals surface area contributed by atoms with E-state index in [1.165, 1.54) is 0 Å². The largest absolute Gasteiger partial charge is 0.480 e. The van der Waals surface area contributed by atoms with E-state index in [4.69, 9.17) is 0 Å². The number of hydrogen-bond acceptors (Lipinski definition) is 4. The van der Waals surface area contributed by atoms with Crippen LogP contribution in [0.4, 0.5) is 5.69 Å². The molecule has 7 heteroatoms. The Morgan fingerprint density at radius 3 is 2.26 bits per heavy atom. The quantitative estimate of drug-likeness (QED) is 0.273. The number of nitrogens with zero attached hydrogens (tertiary/aromatic N) is 1. The number of carbonyl (C=O) groups excluding carboxylic acids is 2. The predicted molar refractivity (Wildman–Crippen MR) is 150 cm³/mol. The third-order valence-electron chi connectivity index (χ3n) is 7.58. The van der Waals surface area contributed by atoms with E-state index in [0.717, 1.165) is 47.7 Å². The van der Waals surface area contributed by atoms with Crippen molar-refractivity contribution in [3.8, 4) is 0 Å². The summed E-state index contributed by atoms with van der Waals surface area (Å²) in [5.41, 5.74) is 3.10. The van der Waals surface area contributed by atoms with Crippen molar-refractivity contribution in [1.29, 1.82) is 0 Å². The van der Waals surface area contributed by atoms with Crippen LogP contribution in [0.3, 0.4) is 0 Å². The molecule has 3 aromatic carbocycles. The minimum absolute atomic E-state index is 0.145. The number of carbonyl (C=O) groups is 3.